The molecule has 0 radical (unpaired) electrons. The number of anilines is 1. The van der Waals surface area contributed by atoms with Gasteiger partial charge in [-0.1, -0.05) is 29.3 Å². The van der Waals surface area contributed by atoms with E-state index in [2.05, 4.69) is 16.0 Å². The fourth-order valence-corrected chi connectivity index (χ4v) is 2.62. The molecule has 3 N–H and O–H groups in total. The largest absolute Gasteiger partial charge is 0.454 e. The van der Waals surface area contributed by atoms with Crippen LogP contribution in [0.3, 0.4) is 0 Å². The molecule has 0 aliphatic carbocycles. The number of halogens is 3. The molecule has 0 unspecified atom stereocenters. The minimum atomic E-state index is -0.871. The Labute approximate surface area is 180 Å². The van der Waals surface area contributed by atoms with Crippen LogP contribution in [0.4, 0.5) is 10.1 Å². The van der Waals surface area contributed by atoms with Crippen LogP contribution in [0.15, 0.2) is 42.5 Å². The van der Waals surface area contributed by atoms with Crippen molar-refractivity contribution in [1.29, 1.82) is 0 Å². The zero-order valence-electron chi connectivity index (χ0n) is 15.3. The number of esters is 1. The Kier molecular flexibility index (Phi) is 8.57. The zero-order chi connectivity index (χ0) is 22.1. The van der Waals surface area contributed by atoms with Crippen LogP contribution in [0, 0.1) is 5.82 Å². The first-order valence-corrected chi connectivity index (χ1v) is 9.21. The second-order valence-corrected chi connectivity index (χ2v) is 6.65. The number of benzene rings is 2. The fourth-order valence-electron chi connectivity index (χ4n) is 2.12. The standard InChI is InChI=1S/C19H16Cl2FN3O5/c20-11-4-5-14(15(21)6-11)19(29)24-8-16(26)23-9-18(28)30-10-17(27)25-13-3-1-2-12(22)7-13/h1-7H,8-10H2,(H,23,26)(H,24,29)(H,25,27). The van der Waals surface area contributed by atoms with Crippen LogP contribution in [0.1, 0.15) is 10.4 Å². The molecule has 2 aromatic rings. The molecule has 30 heavy (non-hydrogen) atoms. The lowest BCUT2D eigenvalue weighted by Crippen LogP contribution is -2.39. The van der Waals surface area contributed by atoms with Crippen LogP contribution < -0.4 is 16.0 Å². The van der Waals surface area contributed by atoms with Gasteiger partial charge in [-0.25, -0.2) is 4.39 Å². The predicted molar refractivity (Wildman–Crippen MR) is 108 cm³/mol. The molecule has 0 saturated carbocycles. The molecule has 0 heterocycles. The highest BCUT2D eigenvalue weighted by atomic mass is 35.5. The molecule has 0 spiro atoms. The van der Waals surface area contributed by atoms with Crippen molar-refractivity contribution in [2.75, 3.05) is 25.0 Å². The lowest BCUT2D eigenvalue weighted by molar-refractivity contribution is -0.147. The molecule has 0 aromatic heterocycles. The van der Waals surface area contributed by atoms with Gasteiger partial charge >= 0.3 is 5.97 Å². The summed E-state index contributed by atoms with van der Waals surface area (Å²) in [6.07, 6.45) is 0. The van der Waals surface area contributed by atoms with Crippen LogP contribution in [0.25, 0.3) is 0 Å². The summed E-state index contributed by atoms with van der Waals surface area (Å²) in [5.41, 5.74) is 0.346. The molecule has 0 atom stereocenters. The van der Waals surface area contributed by atoms with Gasteiger partial charge in [-0.15, -0.1) is 0 Å². The van der Waals surface area contributed by atoms with E-state index in [1.165, 1.54) is 36.4 Å². The summed E-state index contributed by atoms with van der Waals surface area (Å²) in [5, 5.41) is 7.40. The topological polar surface area (TPSA) is 114 Å². The summed E-state index contributed by atoms with van der Waals surface area (Å²) in [4.78, 5) is 47.0. The molecule has 0 saturated heterocycles. The van der Waals surface area contributed by atoms with Gasteiger partial charge in [-0.05, 0) is 36.4 Å². The molecule has 0 fully saturated rings. The molecular weight excluding hydrogens is 440 g/mol. The van der Waals surface area contributed by atoms with Gasteiger partial charge in [0.25, 0.3) is 11.8 Å². The van der Waals surface area contributed by atoms with Crippen molar-refractivity contribution in [3.63, 3.8) is 0 Å². The predicted octanol–water partition coefficient (Wildman–Crippen LogP) is 2.16. The molecule has 2 rings (SSSR count). The second kappa shape index (κ2) is 11.1. The number of amides is 3. The third-order valence-electron chi connectivity index (χ3n) is 3.49. The highest BCUT2D eigenvalue weighted by Gasteiger charge is 2.13. The van der Waals surface area contributed by atoms with E-state index in [0.717, 1.165) is 6.07 Å². The van der Waals surface area contributed by atoms with E-state index in [1.54, 1.807) is 0 Å². The first-order chi connectivity index (χ1) is 14.2. The number of nitrogens with one attached hydrogen (secondary N) is 3. The minimum absolute atomic E-state index is 0.125. The SMILES string of the molecule is O=C(CNC(=O)c1ccc(Cl)cc1Cl)NCC(=O)OCC(=O)Nc1cccc(F)c1. The van der Waals surface area contributed by atoms with E-state index in [0.29, 0.717) is 5.02 Å². The van der Waals surface area contributed by atoms with Crippen LogP contribution in [-0.2, 0) is 19.1 Å². The maximum absolute atomic E-state index is 13.0. The van der Waals surface area contributed by atoms with Crippen molar-refractivity contribution in [1.82, 2.24) is 10.6 Å². The molecule has 0 aliphatic heterocycles. The first-order valence-electron chi connectivity index (χ1n) is 8.45. The van der Waals surface area contributed by atoms with Crippen molar-refractivity contribution >= 4 is 52.6 Å². The zero-order valence-corrected chi connectivity index (χ0v) is 16.8. The van der Waals surface area contributed by atoms with E-state index in [-0.39, 0.29) is 16.3 Å². The molecule has 3 amide bonds. The van der Waals surface area contributed by atoms with Gasteiger partial charge in [0.05, 0.1) is 17.1 Å². The molecule has 0 aliphatic rings. The van der Waals surface area contributed by atoms with Gasteiger partial charge in [-0.3, -0.25) is 19.2 Å². The van der Waals surface area contributed by atoms with E-state index in [9.17, 15) is 23.6 Å². The van der Waals surface area contributed by atoms with Gasteiger partial charge < -0.3 is 20.7 Å². The number of hydrogen-bond donors (Lipinski definition) is 3. The Bertz CT molecular complexity index is 971. The van der Waals surface area contributed by atoms with E-state index < -0.39 is 49.2 Å². The lowest BCUT2D eigenvalue weighted by Gasteiger charge is -2.09. The van der Waals surface area contributed by atoms with Crippen molar-refractivity contribution in [2.24, 2.45) is 0 Å². The third-order valence-corrected chi connectivity index (χ3v) is 4.04. The average Bonchev–Trinajstić information content (AvgIpc) is 2.69. The summed E-state index contributed by atoms with van der Waals surface area (Å²) < 4.78 is 17.7. The van der Waals surface area contributed by atoms with Gasteiger partial charge in [-0.2, -0.15) is 0 Å². The summed E-state index contributed by atoms with van der Waals surface area (Å²) in [7, 11) is 0. The summed E-state index contributed by atoms with van der Waals surface area (Å²) in [5.74, 6) is -3.33. The summed E-state index contributed by atoms with van der Waals surface area (Å²) in [6.45, 7) is -1.54. The highest BCUT2D eigenvalue weighted by molar-refractivity contribution is 6.36. The van der Waals surface area contributed by atoms with Crippen LogP contribution in [0.2, 0.25) is 10.0 Å². The van der Waals surface area contributed by atoms with Crippen molar-refractivity contribution < 1.29 is 28.3 Å². The molecule has 11 heteroatoms. The number of carbonyl (C=O) groups is 4. The monoisotopic (exact) mass is 455 g/mol. The fraction of sp³-hybridized carbons (Fsp3) is 0.158. The van der Waals surface area contributed by atoms with Crippen LogP contribution in [0.5, 0.6) is 0 Å². The van der Waals surface area contributed by atoms with Crippen LogP contribution in [-0.4, -0.2) is 43.4 Å². The van der Waals surface area contributed by atoms with E-state index in [1.807, 2.05) is 0 Å². The minimum Gasteiger partial charge on any atom is -0.454 e. The van der Waals surface area contributed by atoms with Gasteiger partial charge in [0.1, 0.15) is 12.4 Å². The second-order valence-electron chi connectivity index (χ2n) is 5.80. The molecular formula is C19H16Cl2FN3O5. The number of rotatable bonds is 8. The Balaban J connectivity index is 1.67. The quantitative estimate of drug-likeness (QED) is 0.527. The Morgan fingerprint density at radius 3 is 2.40 bits per heavy atom. The van der Waals surface area contributed by atoms with Gasteiger partial charge in [0.2, 0.25) is 5.91 Å². The third kappa shape index (κ3) is 7.69. The number of hydrogen-bond acceptors (Lipinski definition) is 5. The van der Waals surface area contributed by atoms with E-state index in [4.69, 9.17) is 27.9 Å². The lowest BCUT2D eigenvalue weighted by atomic mass is 10.2. The summed E-state index contributed by atoms with van der Waals surface area (Å²) in [6, 6.07) is 9.46. The maximum Gasteiger partial charge on any atom is 0.325 e. The first kappa shape index (κ1) is 23.1. The van der Waals surface area contributed by atoms with Crippen LogP contribution >= 0.6 is 23.2 Å². The van der Waals surface area contributed by atoms with Crippen molar-refractivity contribution in [2.45, 2.75) is 0 Å². The molecule has 0 bridgehead atoms. The van der Waals surface area contributed by atoms with Crippen molar-refractivity contribution in [3.05, 3.63) is 63.9 Å². The number of ether oxygens (including phenoxy) is 1. The average molecular weight is 456 g/mol. The Hall–Kier alpha value is -3.17. The Morgan fingerprint density at radius 1 is 0.933 bits per heavy atom. The molecule has 158 valence electrons. The molecule has 2 aromatic carbocycles. The maximum atomic E-state index is 13.0. The highest BCUT2D eigenvalue weighted by Crippen LogP contribution is 2.20. The van der Waals surface area contributed by atoms with E-state index >= 15 is 0 Å². The Morgan fingerprint density at radius 2 is 1.70 bits per heavy atom. The number of carbonyl (C=O) groups excluding carboxylic acids is 4. The molecule has 8 nitrogen and oxygen atoms in total. The van der Waals surface area contributed by atoms with Gasteiger partial charge in [0, 0.05) is 10.7 Å². The smallest absolute Gasteiger partial charge is 0.325 e. The van der Waals surface area contributed by atoms with Gasteiger partial charge in [0.15, 0.2) is 6.61 Å². The normalized spacial score (nSPS) is 10.1. The summed E-state index contributed by atoms with van der Waals surface area (Å²) >= 11 is 11.7. The van der Waals surface area contributed by atoms with Crippen molar-refractivity contribution in [3.8, 4) is 0 Å².